The third-order valence-electron chi connectivity index (χ3n) is 3.11. The number of methoxy groups -OCH3 is 1. The number of oxazole rings is 1. The Morgan fingerprint density at radius 1 is 1.38 bits per heavy atom. The number of ether oxygens (including phenoxy) is 1. The molecule has 6 nitrogen and oxygen atoms in total. The average Bonchev–Trinajstić information content (AvgIpc) is 2.93. The van der Waals surface area contributed by atoms with Gasteiger partial charge in [0.05, 0.1) is 13.7 Å². The largest absolute Gasteiger partial charge is 0.464 e. The first-order valence-electron chi connectivity index (χ1n) is 7.31. The van der Waals surface area contributed by atoms with Crippen molar-refractivity contribution >= 4 is 11.9 Å². The molecule has 1 amide bonds. The highest BCUT2D eigenvalue weighted by molar-refractivity contribution is 5.86. The minimum Gasteiger partial charge on any atom is -0.464 e. The smallest absolute Gasteiger partial charge is 0.360 e. The van der Waals surface area contributed by atoms with Gasteiger partial charge in [0.25, 0.3) is 0 Å². The molecule has 1 rings (SSSR count). The highest BCUT2D eigenvalue weighted by Gasteiger charge is 2.20. The van der Waals surface area contributed by atoms with Crippen molar-refractivity contribution in [3.8, 4) is 0 Å². The maximum Gasteiger partial charge on any atom is 0.360 e. The van der Waals surface area contributed by atoms with Crippen molar-refractivity contribution in [1.29, 1.82) is 0 Å². The second-order valence-corrected chi connectivity index (χ2v) is 5.24. The molecule has 1 aromatic heterocycles. The topological polar surface area (TPSA) is 72.6 Å². The fourth-order valence-corrected chi connectivity index (χ4v) is 1.93. The minimum atomic E-state index is -0.544. The quantitative estimate of drug-likeness (QED) is 0.544. The molecule has 0 aliphatic carbocycles. The first-order chi connectivity index (χ1) is 9.99. The number of esters is 1. The van der Waals surface area contributed by atoms with E-state index in [2.05, 4.69) is 16.6 Å². The maximum atomic E-state index is 12.2. The van der Waals surface area contributed by atoms with Crippen LogP contribution in [-0.4, -0.2) is 35.4 Å². The zero-order valence-electron chi connectivity index (χ0n) is 13.2. The molecule has 0 N–H and O–H groups in total. The first kappa shape index (κ1) is 17.2. The Labute approximate surface area is 125 Å². The Hall–Kier alpha value is -1.85. The van der Waals surface area contributed by atoms with E-state index in [1.807, 2.05) is 13.8 Å². The van der Waals surface area contributed by atoms with E-state index in [4.69, 9.17) is 4.42 Å². The third-order valence-corrected chi connectivity index (χ3v) is 3.11. The van der Waals surface area contributed by atoms with Crippen LogP contribution in [0.1, 0.15) is 56.4 Å². The SMILES string of the molecule is CCCCCN(Cc1nc(C(=O)OC)co1)C(=O)C(C)C. The summed E-state index contributed by atoms with van der Waals surface area (Å²) in [4.78, 5) is 29.3. The fraction of sp³-hybridized carbons (Fsp3) is 0.667. The highest BCUT2D eigenvalue weighted by Crippen LogP contribution is 2.11. The van der Waals surface area contributed by atoms with E-state index in [1.54, 1.807) is 4.90 Å². The van der Waals surface area contributed by atoms with E-state index >= 15 is 0 Å². The molecule has 0 spiro atoms. The van der Waals surface area contributed by atoms with Gasteiger partial charge in [0.1, 0.15) is 6.26 Å². The van der Waals surface area contributed by atoms with Crippen LogP contribution in [0.25, 0.3) is 0 Å². The van der Waals surface area contributed by atoms with E-state index in [9.17, 15) is 9.59 Å². The molecule has 0 aliphatic heterocycles. The molecule has 0 bridgehead atoms. The monoisotopic (exact) mass is 296 g/mol. The Morgan fingerprint density at radius 2 is 2.10 bits per heavy atom. The lowest BCUT2D eigenvalue weighted by Gasteiger charge is -2.23. The molecule has 0 saturated carbocycles. The zero-order valence-corrected chi connectivity index (χ0v) is 13.2. The third kappa shape index (κ3) is 5.21. The van der Waals surface area contributed by atoms with Gasteiger partial charge >= 0.3 is 5.97 Å². The summed E-state index contributed by atoms with van der Waals surface area (Å²) in [7, 11) is 1.29. The Kier molecular flexibility index (Phi) is 6.91. The molecule has 21 heavy (non-hydrogen) atoms. The van der Waals surface area contributed by atoms with Gasteiger partial charge in [-0.1, -0.05) is 33.6 Å². The second kappa shape index (κ2) is 8.44. The van der Waals surface area contributed by atoms with Crippen molar-refractivity contribution in [3.63, 3.8) is 0 Å². The summed E-state index contributed by atoms with van der Waals surface area (Å²) in [5, 5.41) is 0. The lowest BCUT2D eigenvalue weighted by atomic mass is 10.1. The molecular formula is C15H24N2O4. The predicted octanol–water partition coefficient (Wildman–Crippen LogP) is 2.64. The molecule has 0 aliphatic rings. The van der Waals surface area contributed by atoms with Crippen LogP contribution in [0.4, 0.5) is 0 Å². The van der Waals surface area contributed by atoms with Crippen LogP contribution < -0.4 is 0 Å². The molecule has 1 heterocycles. The summed E-state index contributed by atoms with van der Waals surface area (Å²) in [6.45, 7) is 6.79. The van der Waals surface area contributed by atoms with Gasteiger partial charge in [-0.05, 0) is 6.42 Å². The molecule has 0 saturated heterocycles. The van der Waals surface area contributed by atoms with Gasteiger partial charge in [0, 0.05) is 12.5 Å². The highest BCUT2D eigenvalue weighted by atomic mass is 16.5. The number of amides is 1. The fourth-order valence-electron chi connectivity index (χ4n) is 1.93. The number of nitrogens with zero attached hydrogens (tertiary/aromatic N) is 2. The van der Waals surface area contributed by atoms with E-state index in [0.717, 1.165) is 19.3 Å². The standard InChI is InChI=1S/C15H24N2O4/c1-5-6-7-8-17(14(18)11(2)3)9-13-16-12(10-21-13)15(19)20-4/h10-11H,5-9H2,1-4H3. The minimum absolute atomic E-state index is 0.0592. The van der Waals surface area contributed by atoms with E-state index in [1.165, 1.54) is 13.4 Å². The molecule has 0 atom stereocenters. The number of carbonyl (C=O) groups is 2. The molecule has 0 radical (unpaired) electrons. The van der Waals surface area contributed by atoms with Crippen LogP contribution >= 0.6 is 0 Å². The molecule has 0 aromatic carbocycles. The number of unbranched alkanes of at least 4 members (excludes halogenated alkanes) is 2. The zero-order chi connectivity index (χ0) is 15.8. The molecule has 118 valence electrons. The van der Waals surface area contributed by atoms with Crippen molar-refractivity contribution < 1.29 is 18.7 Å². The number of carbonyl (C=O) groups excluding carboxylic acids is 2. The summed E-state index contributed by atoms with van der Waals surface area (Å²) < 4.78 is 9.83. The van der Waals surface area contributed by atoms with E-state index < -0.39 is 5.97 Å². The second-order valence-electron chi connectivity index (χ2n) is 5.24. The number of hydrogen-bond donors (Lipinski definition) is 0. The number of rotatable bonds is 8. The Morgan fingerprint density at radius 3 is 2.67 bits per heavy atom. The number of aromatic nitrogens is 1. The van der Waals surface area contributed by atoms with Gasteiger partial charge in [0.15, 0.2) is 5.69 Å². The average molecular weight is 296 g/mol. The Bertz CT molecular complexity index is 468. The van der Waals surface area contributed by atoms with Crippen molar-refractivity contribution in [1.82, 2.24) is 9.88 Å². The van der Waals surface area contributed by atoms with E-state index in [-0.39, 0.29) is 24.1 Å². The summed E-state index contributed by atoms with van der Waals surface area (Å²) in [5.41, 5.74) is 0.123. The van der Waals surface area contributed by atoms with Gasteiger partial charge in [0.2, 0.25) is 11.8 Å². The predicted molar refractivity (Wildman–Crippen MR) is 77.6 cm³/mol. The van der Waals surface area contributed by atoms with Gasteiger partial charge in [-0.3, -0.25) is 4.79 Å². The van der Waals surface area contributed by atoms with Crippen molar-refractivity contribution in [2.45, 2.75) is 46.6 Å². The molecule has 0 fully saturated rings. The van der Waals surface area contributed by atoms with Crippen LogP contribution in [0.3, 0.4) is 0 Å². The van der Waals surface area contributed by atoms with Crippen LogP contribution in [0.15, 0.2) is 10.7 Å². The maximum absolute atomic E-state index is 12.2. The lowest BCUT2D eigenvalue weighted by Crippen LogP contribution is -2.34. The Balaban J connectivity index is 2.73. The van der Waals surface area contributed by atoms with Crippen LogP contribution in [0, 0.1) is 5.92 Å². The van der Waals surface area contributed by atoms with Crippen molar-refractivity contribution in [2.75, 3.05) is 13.7 Å². The van der Waals surface area contributed by atoms with Crippen molar-refractivity contribution in [3.05, 3.63) is 17.8 Å². The first-order valence-corrected chi connectivity index (χ1v) is 7.31. The van der Waals surface area contributed by atoms with Crippen molar-refractivity contribution in [2.24, 2.45) is 5.92 Å². The molecular weight excluding hydrogens is 272 g/mol. The van der Waals surface area contributed by atoms with Crippen LogP contribution in [0.2, 0.25) is 0 Å². The molecule has 1 aromatic rings. The van der Waals surface area contributed by atoms with Gasteiger partial charge < -0.3 is 14.1 Å². The molecule has 6 heteroatoms. The summed E-state index contributed by atoms with van der Waals surface area (Å²) in [5.74, 6) is -0.218. The summed E-state index contributed by atoms with van der Waals surface area (Å²) in [6.07, 6.45) is 4.36. The van der Waals surface area contributed by atoms with Gasteiger partial charge in [-0.25, -0.2) is 9.78 Å². The normalized spacial score (nSPS) is 10.7. The molecule has 0 unspecified atom stereocenters. The van der Waals surface area contributed by atoms with Gasteiger partial charge in [-0.15, -0.1) is 0 Å². The van der Waals surface area contributed by atoms with Gasteiger partial charge in [-0.2, -0.15) is 0 Å². The van der Waals surface area contributed by atoms with E-state index in [0.29, 0.717) is 12.4 Å². The summed E-state index contributed by atoms with van der Waals surface area (Å²) in [6, 6.07) is 0. The van der Waals surface area contributed by atoms with Crippen LogP contribution in [0.5, 0.6) is 0 Å². The van der Waals surface area contributed by atoms with Crippen LogP contribution in [-0.2, 0) is 16.1 Å². The number of hydrogen-bond acceptors (Lipinski definition) is 5. The lowest BCUT2D eigenvalue weighted by molar-refractivity contribution is -0.135. The summed E-state index contributed by atoms with van der Waals surface area (Å²) >= 11 is 0.